The van der Waals surface area contributed by atoms with Crippen LogP contribution in [0.4, 0.5) is 4.39 Å². The van der Waals surface area contributed by atoms with E-state index in [0.717, 1.165) is 35.2 Å². The lowest BCUT2D eigenvalue weighted by Gasteiger charge is -2.16. The van der Waals surface area contributed by atoms with Crippen LogP contribution in [0.25, 0.3) is 11.0 Å². The van der Waals surface area contributed by atoms with Crippen molar-refractivity contribution in [2.75, 3.05) is 13.1 Å². The number of fused-ring (bicyclic) bond motifs is 1. The van der Waals surface area contributed by atoms with Gasteiger partial charge in [0, 0.05) is 18.5 Å². The van der Waals surface area contributed by atoms with Crippen molar-refractivity contribution in [2.45, 2.75) is 12.5 Å². The molecule has 7 nitrogen and oxygen atoms in total. The zero-order chi connectivity index (χ0) is 16.5. The molecule has 3 heterocycles. The summed E-state index contributed by atoms with van der Waals surface area (Å²) >= 11 is 1.12. The molecule has 0 bridgehead atoms. The number of carbonyl (C=O) groups excluding carboxylic acids is 1. The van der Waals surface area contributed by atoms with Crippen molar-refractivity contribution < 1.29 is 13.9 Å². The molecule has 1 amide bonds. The number of carbonyl (C=O) groups is 1. The molecule has 0 unspecified atom stereocenters. The van der Waals surface area contributed by atoms with E-state index in [4.69, 9.17) is 4.74 Å². The lowest BCUT2D eigenvalue weighted by atomic mass is 10.2. The van der Waals surface area contributed by atoms with Crippen LogP contribution in [0.5, 0.6) is 6.01 Å². The van der Waals surface area contributed by atoms with E-state index in [1.54, 1.807) is 23.1 Å². The predicted molar refractivity (Wildman–Crippen MR) is 84.3 cm³/mol. The second kappa shape index (κ2) is 6.08. The summed E-state index contributed by atoms with van der Waals surface area (Å²) in [5.74, 6) is -0.589. The quantitative estimate of drug-likeness (QED) is 0.721. The number of ether oxygens (including phenoxy) is 1. The number of likely N-dealkylation sites (tertiary alicyclic amines) is 1. The Morgan fingerprint density at radius 3 is 2.88 bits per heavy atom. The number of amides is 1. The molecule has 24 heavy (non-hydrogen) atoms. The Hall–Kier alpha value is -2.68. The van der Waals surface area contributed by atoms with E-state index in [2.05, 4.69) is 18.7 Å². The van der Waals surface area contributed by atoms with E-state index < -0.39 is 5.82 Å². The number of hydrogen-bond acceptors (Lipinski definition) is 7. The molecule has 1 saturated heterocycles. The molecule has 1 aliphatic heterocycles. The highest BCUT2D eigenvalue weighted by molar-refractivity contribution is 7.00. The monoisotopic (exact) mass is 345 g/mol. The van der Waals surface area contributed by atoms with Gasteiger partial charge in [-0.2, -0.15) is 8.75 Å². The molecule has 1 aliphatic rings. The van der Waals surface area contributed by atoms with Gasteiger partial charge >= 0.3 is 6.01 Å². The molecule has 1 aromatic carbocycles. The van der Waals surface area contributed by atoms with Crippen molar-refractivity contribution in [1.29, 1.82) is 0 Å². The van der Waals surface area contributed by atoms with Crippen LogP contribution in [-0.2, 0) is 0 Å². The van der Waals surface area contributed by atoms with Crippen LogP contribution in [0.1, 0.15) is 16.8 Å². The lowest BCUT2D eigenvalue weighted by molar-refractivity contribution is 0.0770. The Morgan fingerprint density at radius 1 is 1.25 bits per heavy atom. The molecule has 0 aliphatic carbocycles. The number of aromatic nitrogens is 4. The minimum absolute atomic E-state index is 0.0731. The highest BCUT2D eigenvalue weighted by atomic mass is 32.1. The van der Waals surface area contributed by atoms with Gasteiger partial charge in [0.25, 0.3) is 5.91 Å². The molecule has 0 N–H and O–H groups in total. The molecule has 4 rings (SSSR count). The Bertz CT molecular complexity index is 885. The molecule has 0 spiro atoms. The van der Waals surface area contributed by atoms with Crippen molar-refractivity contribution in [3.63, 3.8) is 0 Å². The van der Waals surface area contributed by atoms with E-state index in [1.165, 1.54) is 0 Å². The molecule has 122 valence electrons. The zero-order valence-electron chi connectivity index (χ0n) is 12.4. The number of halogens is 1. The summed E-state index contributed by atoms with van der Waals surface area (Å²) in [4.78, 5) is 21.9. The van der Waals surface area contributed by atoms with Gasteiger partial charge in [0.15, 0.2) is 5.82 Å². The SMILES string of the molecule is O=C(c1ccc2nsnc2c1)N1CC[C@H](Oc2ncc(F)cn2)C1. The summed E-state index contributed by atoms with van der Waals surface area (Å²) in [7, 11) is 0. The van der Waals surface area contributed by atoms with Gasteiger partial charge in [-0.3, -0.25) is 4.79 Å². The molecule has 9 heteroatoms. The molecule has 3 aromatic rings. The van der Waals surface area contributed by atoms with Crippen molar-refractivity contribution in [2.24, 2.45) is 0 Å². The lowest BCUT2D eigenvalue weighted by Crippen LogP contribution is -2.31. The normalized spacial score (nSPS) is 17.4. The van der Waals surface area contributed by atoms with Crippen LogP contribution < -0.4 is 4.74 Å². The van der Waals surface area contributed by atoms with Gasteiger partial charge in [-0.1, -0.05) is 0 Å². The number of nitrogens with zero attached hydrogens (tertiary/aromatic N) is 5. The number of hydrogen-bond donors (Lipinski definition) is 0. The summed E-state index contributed by atoms with van der Waals surface area (Å²) in [5, 5.41) is 0. The molecule has 1 atom stereocenters. The smallest absolute Gasteiger partial charge is 0.316 e. The second-order valence-electron chi connectivity index (χ2n) is 5.43. The summed E-state index contributed by atoms with van der Waals surface area (Å²) in [5.41, 5.74) is 2.08. The Balaban J connectivity index is 1.43. The van der Waals surface area contributed by atoms with Gasteiger partial charge in [-0.25, -0.2) is 14.4 Å². The molecule has 0 radical (unpaired) electrons. The molecular formula is C15H12FN5O2S. The van der Waals surface area contributed by atoms with E-state index >= 15 is 0 Å². The average molecular weight is 345 g/mol. The van der Waals surface area contributed by atoms with Crippen molar-refractivity contribution >= 4 is 28.7 Å². The van der Waals surface area contributed by atoms with E-state index in [-0.39, 0.29) is 18.0 Å². The maximum absolute atomic E-state index is 12.8. The molecule has 2 aromatic heterocycles. The molecule has 1 fully saturated rings. The Labute approximate surface area is 140 Å². The van der Waals surface area contributed by atoms with Crippen LogP contribution in [-0.4, -0.2) is 48.7 Å². The van der Waals surface area contributed by atoms with E-state index in [9.17, 15) is 9.18 Å². The first-order valence-electron chi connectivity index (χ1n) is 7.35. The number of benzene rings is 1. The van der Waals surface area contributed by atoms with Crippen LogP contribution in [0.2, 0.25) is 0 Å². The number of rotatable bonds is 3. The Morgan fingerprint density at radius 2 is 2.04 bits per heavy atom. The minimum atomic E-state index is -0.516. The van der Waals surface area contributed by atoms with Gasteiger partial charge in [-0.15, -0.1) is 0 Å². The standard InChI is InChI=1S/C15H12FN5O2S/c16-10-6-17-15(18-7-10)23-11-3-4-21(8-11)14(22)9-1-2-12-13(5-9)20-24-19-12/h1-2,5-7,11H,3-4,8H2/t11-/m0/s1. The van der Waals surface area contributed by atoms with Gasteiger partial charge in [-0.05, 0) is 18.2 Å². The van der Waals surface area contributed by atoms with Crippen molar-refractivity contribution in [1.82, 2.24) is 23.6 Å². The fraction of sp³-hybridized carbons (Fsp3) is 0.267. The highest BCUT2D eigenvalue weighted by Gasteiger charge is 2.29. The first-order chi connectivity index (χ1) is 11.7. The topological polar surface area (TPSA) is 81.1 Å². The van der Waals surface area contributed by atoms with Gasteiger partial charge in [0.05, 0.1) is 30.7 Å². The second-order valence-corrected chi connectivity index (χ2v) is 5.96. The minimum Gasteiger partial charge on any atom is -0.458 e. The van der Waals surface area contributed by atoms with Crippen LogP contribution in [0, 0.1) is 5.82 Å². The van der Waals surface area contributed by atoms with E-state index in [1.807, 2.05) is 0 Å². The van der Waals surface area contributed by atoms with Crippen LogP contribution >= 0.6 is 11.7 Å². The summed E-state index contributed by atoms with van der Waals surface area (Å²) in [6, 6.07) is 5.41. The van der Waals surface area contributed by atoms with Gasteiger partial charge < -0.3 is 9.64 Å². The maximum atomic E-state index is 12.8. The summed E-state index contributed by atoms with van der Waals surface area (Å²) < 4.78 is 26.7. The van der Waals surface area contributed by atoms with Crippen molar-refractivity contribution in [3.8, 4) is 6.01 Å². The third-order valence-electron chi connectivity index (χ3n) is 3.80. The summed E-state index contributed by atoms with van der Waals surface area (Å²) in [6.07, 6.45) is 2.57. The first-order valence-corrected chi connectivity index (χ1v) is 8.08. The maximum Gasteiger partial charge on any atom is 0.316 e. The highest BCUT2D eigenvalue weighted by Crippen LogP contribution is 2.20. The molecular weight excluding hydrogens is 333 g/mol. The van der Waals surface area contributed by atoms with E-state index in [0.29, 0.717) is 25.1 Å². The zero-order valence-corrected chi connectivity index (χ0v) is 13.2. The van der Waals surface area contributed by atoms with Crippen LogP contribution in [0.3, 0.4) is 0 Å². The van der Waals surface area contributed by atoms with Crippen molar-refractivity contribution in [3.05, 3.63) is 42.0 Å². The fourth-order valence-electron chi connectivity index (χ4n) is 2.62. The third-order valence-corrected chi connectivity index (χ3v) is 4.36. The predicted octanol–water partition coefficient (Wildman–Crippen LogP) is 1.91. The summed E-state index contributed by atoms with van der Waals surface area (Å²) in [6.45, 7) is 1.02. The fourth-order valence-corrected chi connectivity index (χ4v) is 3.13. The largest absolute Gasteiger partial charge is 0.458 e. The average Bonchev–Trinajstić information content (AvgIpc) is 3.24. The molecule has 0 saturated carbocycles. The van der Waals surface area contributed by atoms with Gasteiger partial charge in [0.2, 0.25) is 0 Å². The van der Waals surface area contributed by atoms with Gasteiger partial charge in [0.1, 0.15) is 17.1 Å². The Kier molecular flexibility index (Phi) is 3.77. The third kappa shape index (κ3) is 2.90. The van der Waals surface area contributed by atoms with Crippen LogP contribution in [0.15, 0.2) is 30.6 Å². The first kappa shape index (κ1) is 14.9.